The molecule has 0 bridgehead atoms. The Labute approximate surface area is 190 Å². The average molecular weight is 462 g/mol. The van der Waals surface area contributed by atoms with E-state index < -0.39 is 0 Å². The molecule has 0 atom stereocenters. The van der Waals surface area contributed by atoms with Crippen LogP contribution in [0.3, 0.4) is 0 Å². The summed E-state index contributed by atoms with van der Waals surface area (Å²) >= 11 is 5.33. The van der Waals surface area contributed by atoms with Crippen LogP contribution in [0.2, 0.25) is 0 Å². The number of pyridine rings is 1. The summed E-state index contributed by atoms with van der Waals surface area (Å²) in [5.74, 6) is 1.54. The number of rotatable bonds is 6. The number of nitrogens with one attached hydrogen (secondary N) is 1. The zero-order chi connectivity index (χ0) is 20.7. The van der Waals surface area contributed by atoms with Crippen LogP contribution in [0.1, 0.15) is 43.0 Å². The van der Waals surface area contributed by atoms with Gasteiger partial charge in [-0.25, -0.2) is 15.0 Å². The zero-order valence-corrected chi connectivity index (χ0v) is 20.4. The largest absolute Gasteiger partial charge is 0.370 e. The van der Waals surface area contributed by atoms with Gasteiger partial charge in [0.1, 0.15) is 22.9 Å². The molecule has 3 aromatic rings. The van der Waals surface area contributed by atoms with Crippen LogP contribution >= 0.6 is 34.9 Å². The van der Waals surface area contributed by atoms with Crippen molar-refractivity contribution in [3.05, 3.63) is 16.8 Å². The van der Waals surface area contributed by atoms with Gasteiger partial charge in [-0.1, -0.05) is 37.4 Å². The van der Waals surface area contributed by atoms with Crippen molar-refractivity contribution >= 4 is 55.3 Å². The Balaban J connectivity index is 1.55. The summed E-state index contributed by atoms with van der Waals surface area (Å²) in [6, 6.07) is 0. The van der Waals surface area contributed by atoms with Crippen molar-refractivity contribution in [2.24, 2.45) is 0 Å². The first kappa shape index (κ1) is 20.9. The first-order chi connectivity index (χ1) is 14.7. The molecule has 5 rings (SSSR count). The van der Waals surface area contributed by atoms with E-state index in [1.807, 2.05) is 11.8 Å². The molecule has 2 aliphatic rings. The molecule has 1 saturated heterocycles. The number of thiophene rings is 1. The topological polar surface area (TPSA) is 52.3 Å². The maximum Gasteiger partial charge on any atom is 0.189 e. The summed E-state index contributed by atoms with van der Waals surface area (Å²) in [6.45, 7) is 9.70. The molecule has 1 fully saturated rings. The monoisotopic (exact) mass is 461 g/mol. The van der Waals surface area contributed by atoms with E-state index in [0.29, 0.717) is 5.92 Å². The Morgan fingerprint density at radius 2 is 1.90 bits per heavy atom. The number of fused-ring (bicyclic) bond motifs is 5. The molecule has 0 amide bonds. The fraction of sp³-hybridized carbons (Fsp3) is 0.591. The lowest BCUT2D eigenvalue weighted by Crippen LogP contribution is -3.14. The molecule has 1 N–H and O–H groups in total. The van der Waals surface area contributed by atoms with Gasteiger partial charge in [-0.05, 0) is 42.6 Å². The molecule has 4 heterocycles. The number of nitrogens with zero attached hydrogens (tertiary/aromatic N) is 3. The first-order valence-electron chi connectivity index (χ1n) is 10.9. The molecule has 5 nitrogen and oxygen atoms in total. The normalized spacial score (nSPS) is 17.5. The predicted octanol–water partition coefficient (Wildman–Crippen LogP) is 3.58. The molecule has 1 aliphatic heterocycles. The van der Waals surface area contributed by atoms with Crippen molar-refractivity contribution in [1.82, 2.24) is 15.0 Å². The third kappa shape index (κ3) is 3.86. The molecule has 1 aliphatic carbocycles. The molecule has 160 valence electrons. The molecule has 0 unspecified atom stereocenters. The number of thioether (sulfide) groups is 2. The fourth-order valence-electron chi connectivity index (χ4n) is 4.62. The second-order valence-electron chi connectivity index (χ2n) is 8.40. The number of hydrogen-bond donors (Lipinski definition) is 1. The van der Waals surface area contributed by atoms with E-state index in [0.717, 1.165) is 72.0 Å². The summed E-state index contributed by atoms with van der Waals surface area (Å²) in [4.78, 5) is 17.8. The van der Waals surface area contributed by atoms with Crippen molar-refractivity contribution in [3.8, 4) is 0 Å². The van der Waals surface area contributed by atoms with E-state index in [1.165, 1.54) is 33.3 Å². The van der Waals surface area contributed by atoms with Crippen molar-refractivity contribution in [2.45, 2.75) is 49.2 Å². The molecule has 0 radical (unpaired) electrons. The van der Waals surface area contributed by atoms with Crippen LogP contribution in [-0.4, -0.2) is 59.8 Å². The van der Waals surface area contributed by atoms with E-state index in [-0.39, 0.29) is 0 Å². The van der Waals surface area contributed by atoms with E-state index in [2.05, 4.69) is 20.1 Å². The van der Waals surface area contributed by atoms with Crippen molar-refractivity contribution in [1.29, 1.82) is 0 Å². The van der Waals surface area contributed by atoms with Gasteiger partial charge in [0.25, 0.3) is 0 Å². The van der Waals surface area contributed by atoms with E-state index >= 15 is 0 Å². The van der Waals surface area contributed by atoms with Gasteiger partial charge >= 0.3 is 0 Å². The smallest absolute Gasteiger partial charge is 0.189 e. The van der Waals surface area contributed by atoms with Gasteiger partial charge in [0.15, 0.2) is 5.16 Å². The van der Waals surface area contributed by atoms with Gasteiger partial charge in [0.05, 0.1) is 30.0 Å². The standard InChI is InChI=1S/C22H28N4OS3/c1-13(2)17-15-6-4-5-14(15)16-18-19(30-20(16)23-17)21(25-22(24-18)28-3)29-12-9-26-7-10-27-11-8-26/h13H,4-12H2,1-3H3/p+1. The quantitative estimate of drug-likeness (QED) is 0.344. The van der Waals surface area contributed by atoms with Gasteiger partial charge < -0.3 is 9.64 Å². The van der Waals surface area contributed by atoms with Crippen molar-refractivity contribution < 1.29 is 9.64 Å². The molecule has 3 aromatic heterocycles. The van der Waals surface area contributed by atoms with E-state index in [1.54, 1.807) is 28.0 Å². The van der Waals surface area contributed by atoms with Gasteiger partial charge in [0, 0.05) is 16.8 Å². The predicted molar refractivity (Wildman–Crippen MR) is 128 cm³/mol. The lowest BCUT2D eigenvalue weighted by molar-refractivity contribution is -0.905. The highest BCUT2D eigenvalue weighted by molar-refractivity contribution is 7.99. The van der Waals surface area contributed by atoms with Gasteiger partial charge in [0.2, 0.25) is 0 Å². The molecular formula is C22H29N4OS3+. The van der Waals surface area contributed by atoms with E-state index in [4.69, 9.17) is 19.7 Å². The maximum atomic E-state index is 5.49. The minimum absolute atomic E-state index is 0.463. The fourth-order valence-corrected chi connectivity index (χ4v) is 7.34. The summed E-state index contributed by atoms with van der Waals surface area (Å²) in [5, 5.41) is 3.33. The van der Waals surface area contributed by atoms with Crippen LogP contribution in [-0.2, 0) is 17.6 Å². The number of aryl methyl sites for hydroxylation is 1. The summed E-state index contributed by atoms with van der Waals surface area (Å²) in [6.07, 6.45) is 5.62. The van der Waals surface area contributed by atoms with Gasteiger partial charge in [-0.15, -0.1) is 11.3 Å². The Hall–Kier alpha value is -0.930. The summed E-state index contributed by atoms with van der Waals surface area (Å²) < 4.78 is 6.72. The van der Waals surface area contributed by atoms with Gasteiger partial charge in [-0.3, -0.25) is 0 Å². The van der Waals surface area contributed by atoms with Crippen LogP contribution in [0.5, 0.6) is 0 Å². The number of ether oxygens (including phenoxy) is 1. The summed E-state index contributed by atoms with van der Waals surface area (Å²) in [5.41, 5.74) is 5.43. The highest BCUT2D eigenvalue weighted by atomic mass is 32.2. The third-order valence-corrected chi connectivity index (χ3v) is 8.87. The molecule has 30 heavy (non-hydrogen) atoms. The second-order valence-corrected chi connectivity index (χ2v) is 11.3. The number of quaternary nitrogens is 1. The number of morpholine rings is 1. The molecular weight excluding hydrogens is 432 g/mol. The minimum Gasteiger partial charge on any atom is -0.370 e. The third-order valence-electron chi connectivity index (χ3n) is 6.14. The van der Waals surface area contributed by atoms with Crippen LogP contribution in [0, 0.1) is 0 Å². The molecule has 0 aromatic carbocycles. The molecule has 0 spiro atoms. The van der Waals surface area contributed by atoms with Crippen molar-refractivity contribution in [2.75, 3.05) is 44.9 Å². The van der Waals surface area contributed by atoms with Crippen LogP contribution in [0.15, 0.2) is 10.2 Å². The maximum absolute atomic E-state index is 5.49. The SMILES string of the molecule is CSc1nc(SCC[NH+]2CCOCC2)c2sc3nc(C(C)C)c4c(c3c2n1)CCC4. The van der Waals surface area contributed by atoms with Crippen LogP contribution in [0.25, 0.3) is 20.4 Å². The Bertz CT molecular complexity index is 1080. The highest BCUT2D eigenvalue weighted by Crippen LogP contribution is 2.43. The number of aromatic nitrogens is 3. The lowest BCUT2D eigenvalue weighted by Gasteiger charge is -2.23. The summed E-state index contributed by atoms with van der Waals surface area (Å²) in [7, 11) is 0. The Morgan fingerprint density at radius 1 is 1.10 bits per heavy atom. The Morgan fingerprint density at radius 3 is 2.67 bits per heavy atom. The first-order valence-corrected chi connectivity index (χ1v) is 13.9. The van der Waals surface area contributed by atoms with Gasteiger partial charge in [-0.2, -0.15) is 0 Å². The highest BCUT2D eigenvalue weighted by Gasteiger charge is 2.26. The molecule has 8 heteroatoms. The van der Waals surface area contributed by atoms with E-state index in [9.17, 15) is 0 Å². The zero-order valence-electron chi connectivity index (χ0n) is 17.9. The molecule has 0 saturated carbocycles. The average Bonchev–Trinajstić information content (AvgIpc) is 3.38. The Kier molecular flexibility index (Phi) is 6.21. The second kappa shape index (κ2) is 8.90. The van der Waals surface area contributed by atoms with Crippen molar-refractivity contribution in [3.63, 3.8) is 0 Å². The lowest BCUT2D eigenvalue weighted by atomic mass is 9.99. The van der Waals surface area contributed by atoms with Crippen LogP contribution in [0.4, 0.5) is 0 Å². The minimum atomic E-state index is 0.463. The van der Waals surface area contributed by atoms with Crippen LogP contribution < -0.4 is 4.90 Å². The number of hydrogen-bond acceptors (Lipinski definition) is 7.